The molecule has 2 aromatic carbocycles. The Morgan fingerprint density at radius 3 is 2.56 bits per heavy atom. The summed E-state index contributed by atoms with van der Waals surface area (Å²) < 4.78 is 40.6. The zero-order valence-electron chi connectivity index (χ0n) is 13.7. The number of alkyl halides is 3. The summed E-state index contributed by atoms with van der Waals surface area (Å²) in [6, 6.07) is 16.2. The van der Waals surface area contributed by atoms with E-state index in [9.17, 15) is 18.4 Å². The van der Waals surface area contributed by atoms with Gasteiger partial charge >= 0.3 is 6.18 Å². The maximum absolute atomic E-state index is 13.0. The smallest absolute Gasteiger partial charge is 0.338 e. The van der Waals surface area contributed by atoms with Crippen molar-refractivity contribution in [3.05, 3.63) is 71.9 Å². The van der Waals surface area contributed by atoms with Crippen molar-refractivity contribution in [3.8, 4) is 17.3 Å². The number of rotatable bonds is 3. The van der Waals surface area contributed by atoms with Crippen LogP contribution in [-0.4, -0.2) is 14.6 Å². The first-order valence-corrected chi connectivity index (χ1v) is 7.97. The lowest BCUT2D eigenvalue weighted by atomic mass is 10.1. The van der Waals surface area contributed by atoms with E-state index in [0.29, 0.717) is 22.7 Å². The second-order valence-corrected chi connectivity index (χ2v) is 5.84. The number of nitrogens with one attached hydrogen (secondary N) is 2. The third-order valence-electron chi connectivity index (χ3n) is 4.08. The lowest BCUT2D eigenvalue weighted by molar-refractivity contribution is -0.137. The molecule has 4 rings (SSSR count). The average molecular weight is 367 g/mol. The van der Waals surface area contributed by atoms with Gasteiger partial charge in [-0.1, -0.05) is 36.4 Å². The van der Waals surface area contributed by atoms with Crippen LogP contribution in [0.25, 0.3) is 16.9 Å². The highest BCUT2D eigenvalue weighted by atomic mass is 19.4. The van der Waals surface area contributed by atoms with E-state index in [2.05, 4.69) is 15.4 Å². The molecule has 0 aliphatic carbocycles. The molecule has 2 heterocycles. The van der Waals surface area contributed by atoms with Gasteiger partial charge in [0, 0.05) is 17.4 Å². The SMILES string of the molecule is N#Cc1c[nH]n2c(Nc3cccc(C(F)(F)F)c3)c(-c3ccccc3)nc12. The number of aromatic nitrogens is 3. The Morgan fingerprint density at radius 2 is 1.85 bits per heavy atom. The fraction of sp³-hybridized carbons (Fsp3) is 0.0526. The predicted octanol–water partition coefficient (Wildman–Crippen LogP) is 4.96. The maximum Gasteiger partial charge on any atom is 0.416 e. The van der Waals surface area contributed by atoms with Gasteiger partial charge in [-0.2, -0.15) is 18.4 Å². The van der Waals surface area contributed by atoms with E-state index in [4.69, 9.17) is 0 Å². The largest absolute Gasteiger partial charge is 0.416 e. The predicted molar refractivity (Wildman–Crippen MR) is 94.4 cm³/mol. The van der Waals surface area contributed by atoms with Crippen LogP contribution in [0.5, 0.6) is 0 Å². The molecule has 27 heavy (non-hydrogen) atoms. The van der Waals surface area contributed by atoms with Crippen molar-refractivity contribution in [2.75, 3.05) is 5.32 Å². The zero-order valence-corrected chi connectivity index (χ0v) is 13.7. The van der Waals surface area contributed by atoms with E-state index >= 15 is 0 Å². The molecule has 2 aromatic heterocycles. The van der Waals surface area contributed by atoms with Gasteiger partial charge in [0.2, 0.25) is 0 Å². The fourth-order valence-corrected chi connectivity index (χ4v) is 2.83. The van der Waals surface area contributed by atoms with Gasteiger partial charge in [0.15, 0.2) is 11.5 Å². The molecule has 2 N–H and O–H groups in total. The molecule has 0 unspecified atom stereocenters. The molecular weight excluding hydrogens is 355 g/mol. The normalized spacial score (nSPS) is 11.5. The molecule has 0 amide bonds. The van der Waals surface area contributed by atoms with Crippen LogP contribution in [0.1, 0.15) is 11.1 Å². The van der Waals surface area contributed by atoms with Gasteiger partial charge in [-0.25, -0.2) is 9.50 Å². The van der Waals surface area contributed by atoms with Crippen molar-refractivity contribution in [2.45, 2.75) is 6.18 Å². The third-order valence-corrected chi connectivity index (χ3v) is 4.08. The first-order valence-electron chi connectivity index (χ1n) is 7.97. The van der Waals surface area contributed by atoms with Gasteiger partial charge in [0.1, 0.15) is 17.3 Å². The lowest BCUT2D eigenvalue weighted by Gasteiger charge is -2.11. The van der Waals surface area contributed by atoms with Crippen molar-refractivity contribution in [1.29, 1.82) is 5.26 Å². The van der Waals surface area contributed by atoms with Crippen molar-refractivity contribution in [2.24, 2.45) is 0 Å². The Morgan fingerprint density at radius 1 is 1.07 bits per heavy atom. The molecule has 0 aliphatic heterocycles. The summed E-state index contributed by atoms with van der Waals surface area (Å²) in [6.07, 6.45) is -2.94. The lowest BCUT2D eigenvalue weighted by Crippen LogP contribution is -2.05. The summed E-state index contributed by atoms with van der Waals surface area (Å²) in [6.45, 7) is 0. The van der Waals surface area contributed by atoms with Gasteiger partial charge in [-0.15, -0.1) is 0 Å². The highest BCUT2D eigenvalue weighted by Crippen LogP contribution is 2.34. The number of halogens is 3. The summed E-state index contributed by atoms with van der Waals surface area (Å²) in [7, 11) is 0. The van der Waals surface area contributed by atoms with Crippen molar-refractivity contribution >= 4 is 17.2 Å². The Balaban J connectivity index is 1.86. The minimum absolute atomic E-state index is 0.261. The fourth-order valence-electron chi connectivity index (χ4n) is 2.83. The second kappa shape index (κ2) is 6.21. The second-order valence-electron chi connectivity index (χ2n) is 5.84. The van der Waals surface area contributed by atoms with Crippen LogP contribution in [0.3, 0.4) is 0 Å². The van der Waals surface area contributed by atoms with Gasteiger partial charge in [0.25, 0.3) is 0 Å². The summed E-state index contributed by atoms with van der Waals surface area (Å²) in [5.74, 6) is 0.442. The topological polar surface area (TPSA) is 68.9 Å². The number of hydrogen-bond acceptors (Lipinski definition) is 3. The first kappa shape index (κ1) is 16.7. The van der Waals surface area contributed by atoms with Crippen molar-refractivity contribution in [3.63, 3.8) is 0 Å². The standard InChI is InChI=1S/C19H12F3N5/c20-19(21,22)14-7-4-8-15(9-14)25-18-16(12-5-2-1-3-6-12)26-17-13(10-23)11-24-27(17)18/h1-9,11,24-25H. The van der Waals surface area contributed by atoms with E-state index < -0.39 is 11.7 Å². The molecule has 0 saturated heterocycles. The van der Waals surface area contributed by atoms with Gasteiger partial charge in [-0.05, 0) is 18.2 Å². The van der Waals surface area contributed by atoms with E-state index in [0.717, 1.165) is 17.7 Å². The molecule has 8 heteroatoms. The highest BCUT2D eigenvalue weighted by Gasteiger charge is 2.30. The number of aromatic amines is 1. The number of imidazole rings is 1. The number of nitriles is 1. The number of benzene rings is 2. The number of fused-ring (bicyclic) bond motifs is 1. The molecule has 0 spiro atoms. The van der Waals surface area contributed by atoms with Crippen LogP contribution >= 0.6 is 0 Å². The van der Waals surface area contributed by atoms with Crippen molar-refractivity contribution in [1.82, 2.24) is 14.6 Å². The first-order chi connectivity index (χ1) is 13.0. The highest BCUT2D eigenvalue weighted by molar-refractivity contribution is 5.80. The monoisotopic (exact) mass is 367 g/mol. The Kier molecular flexibility index (Phi) is 3.85. The average Bonchev–Trinajstić information content (AvgIpc) is 3.22. The van der Waals surface area contributed by atoms with E-state index in [1.807, 2.05) is 36.4 Å². The molecule has 5 nitrogen and oxygen atoms in total. The van der Waals surface area contributed by atoms with Crippen LogP contribution in [0, 0.1) is 11.3 Å². The Hall–Kier alpha value is -3.73. The molecule has 0 atom stereocenters. The molecule has 0 fully saturated rings. The number of hydrogen-bond donors (Lipinski definition) is 2. The molecule has 0 aliphatic rings. The van der Waals surface area contributed by atoms with Crippen LogP contribution in [0.2, 0.25) is 0 Å². The molecule has 134 valence electrons. The van der Waals surface area contributed by atoms with E-state index in [1.165, 1.54) is 18.3 Å². The quantitative estimate of drug-likeness (QED) is 0.537. The minimum Gasteiger partial charge on any atom is -0.338 e. The molecular formula is C19H12F3N5. The summed E-state index contributed by atoms with van der Waals surface area (Å²) in [5.41, 5.74) is 1.54. The summed E-state index contributed by atoms with van der Waals surface area (Å²) >= 11 is 0. The van der Waals surface area contributed by atoms with Crippen LogP contribution in [0.15, 0.2) is 60.8 Å². The molecule has 0 radical (unpaired) electrons. The van der Waals surface area contributed by atoms with Gasteiger partial charge < -0.3 is 5.32 Å². The van der Waals surface area contributed by atoms with E-state index in [-0.39, 0.29) is 5.69 Å². The number of H-pyrrole nitrogens is 1. The molecule has 0 saturated carbocycles. The maximum atomic E-state index is 13.0. The van der Waals surface area contributed by atoms with Gasteiger partial charge in [-0.3, -0.25) is 5.10 Å². The summed E-state index contributed by atoms with van der Waals surface area (Å²) in [5, 5.41) is 15.2. The third kappa shape index (κ3) is 3.00. The van der Waals surface area contributed by atoms with Crippen LogP contribution < -0.4 is 5.32 Å². The van der Waals surface area contributed by atoms with Crippen LogP contribution in [0.4, 0.5) is 24.7 Å². The molecule has 4 aromatic rings. The molecule has 0 bridgehead atoms. The van der Waals surface area contributed by atoms with Crippen molar-refractivity contribution < 1.29 is 13.2 Å². The Labute approximate surface area is 151 Å². The number of nitrogens with zero attached hydrogens (tertiary/aromatic N) is 3. The van der Waals surface area contributed by atoms with Gasteiger partial charge in [0.05, 0.1) is 5.56 Å². The summed E-state index contributed by atoms with van der Waals surface area (Å²) in [4.78, 5) is 4.51. The minimum atomic E-state index is -4.44. The zero-order chi connectivity index (χ0) is 19.0. The Bertz CT molecular complexity index is 1150. The van der Waals surface area contributed by atoms with Crippen LogP contribution in [-0.2, 0) is 6.18 Å². The van der Waals surface area contributed by atoms with E-state index in [1.54, 1.807) is 4.52 Å². The number of anilines is 2.